The van der Waals surface area contributed by atoms with Crippen molar-refractivity contribution in [2.24, 2.45) is 10.7 Å². The first kappa shape index (κ1) is 25.6. The zero-order chi connectivity index (χ0) is 27.6. The maximum absolute atomic E-state index is 6.03. The summed E-state index contributed by atoms with van der Waals surface area (Å²) < 4.78 is 0. The molecule has 4 aromatic carbocycles. The third-order valence-electron chi connectivity index (χ3n) is 8.07. The number of nitrogens with two attached hydrogens (primary N) is 1. The van der Waals surface area contributed by atoms with E-state index in [1.54, 1.807) is 6.20 Å². The number of nitrogens with zero attached hydrogens (tertiary/aromatic N) is 1. The van der Waals surface area contributed by atoms with E-state index in [0.29, 0.717) is 0 Å². The Morgan fingerprint density at radius 2 is 1.45 bits per heavy atom. The predicted molar refractivity (Wildman–Crippen MR) is 173 cm³/mol. The SMILES string of the molecule is C/C=C\C(=C/N)c1cc(/C(C=NC)=C/C)cc(-c2ccc(-c3ccc4c5c3CCC=C5c3ccccc3-4)cc2)c1. The molecule has 2 aliphatic rings. The maximum atomic E-state index is 6.03. The highest BCUT2D eigenvalue weighted by atomic mass is 14.6. The number of aliphatic imine (C=N–C) groups is 1. The van der Waals surface area contributed by atoms with Crippen LogP contribution in [-0.2, 0) is 6.42 Å². The number of allylic oxidation sites excluding steroid dienone is 6. The summed E-state index contributed by atoms with van der Waals surface area (Å²) in [5.41, 5.74) is 23.7. The van der Waals surface area contributed by atoms with Crippen molar-refractivity contribution in [1.82, 2.24) is 0 Å². The molecule has 2 N–H and O–H groups in total. The molecule has 196 valence electrons. The first-order chi connectivity index (χ1) is 19.7. The lowest BCUT2D eigenvalue weighted by molar-refractivity contribution is 0.984. The van der Waals surface area contributed by atoms with Gasteiger partial charge in [0.05, 0.1) is 0 Å². The molecular weight excluding hydrogens is 484 g/mol. The molecule has 2 nitrogen and oxygen atoms in total. The molecule has 0 atom stereocenters. The van der Waals surface area contributed by atoms with Crippen LogP contribution in [0.1, 0.15) is 48.1 Å². The van der Waals surface area contributed by atoms with Crippen molar-refractivity contribution in [2.45, 2.75) is 26.7 Å². The summed E-state index contributed by atoms with van der Waals surface area (Å²) in [5.74, 6) is 0. The van der Waals surface area contributed by atoms with Gasteiger partial charge in [-0.25, -0.2) is 0 Å². The normalized spacial score (nSPS) is 14.5. The van der Waals surface area contributed by atoms with Crippen molar-refractivity contribution < 1.29 is 0 Å². The lowest BCUT2D eigenvalue weighted by atomic mass is 9.84. The molecule has 2 aliphatic carbocycles. The zero-order valence-corrected chi connectivity index (χ0v) is 23.4. The van der Waals surface area contributed by atoms with Crippen molar-refractivity contribution in [3.8, 4) is 33.4 Å². The maximum Gasteiger partial charge on any atom is 0.0284 e. The first-order valence-electron chi connectivity index (χ1n) is 14.0. The average molecular weight is 519 g/mol. The van der Waals surface area contributed by atoms with E-state index in [-0.39, 0.29) is 0 Å². The molecule has 4 aromatic rings. The Hall–Kier alpha value is -4.69. The highest BCUT2D eigenvalue weighted by Crippen LogP contribution is 2.50. The van der Waals surface area contributed by atoms with Gasteiger partial charge in [-0.2, -0.15) is 0 Å². The van der Waals surface area contributed by atoms with Crippen molar-refractivity contribution >= 4 is 22.9 Å². The van der Waals surface area contributed by atoms with E-state index in [1.807, 2.05) is 33.2 Å². The lowest BCUT2D eigenvalue weighted by Crippen LogP contribution is -2.01. The summed E-state index contributed by atoms with van der Waals surface area (Å²) in [6.45, 7) is 4.06. The molecule has 0 aromatic heterocycles. The van der Waals surface area contributed by atoms with Crippen LogP contribution in [0.4, 0.5) is 0 Å². The Labute approximate surface area is 237 Å². The minimum Gasteiger partial charge on any atom is -0.404 e. The molecule has 0 fully saturated rings. The number of fused-ring (bicyclic) bond motifs is 3. The average Bonchev–Trinajstić information content (AvgIpc) is 3.34. The standard InChI is InChI=1S/C38H34N2/c1-4-9-28(23-39)31-21-29(25(5-2)24-40-3)20-30(22-31)26-14-16-27(17-15-26)32-18-19-37-34-11-7-6-10-33(34)36-13-8-12-35(32)38(36)37/h4-7,9-11,13-24H,8,12,39H2,1-3H3/b9-4-,25-5+,28-23+,40-24?. The van der Waals surface area contributed by atoms with E-state index in [4.69, 9.17) is 5.73 Å². The number of benzene rings is 4. The molecule has 0 aliphatic heterocycles. The first-order valence-corrected chi connectivity index (χ1v) is 14.0. The number of rotatable bonds is 6. The van der Waals surface area contributed by atoms with Crippen LogP contribution in [0.15, 0.2) is 114 Å². The van der Waals surface area contributed by atoms with Gasteiger partial charge in [0.15, 0.2) is 0 Å². The zero-order valence-electron chi connectivity index (χ0n) is 23.4. The van der Waals surface area contributed by atoms with E-state index in [2.05, 4.69) is 102 Å². The van der Waals surface area contributed by atoms with E-state index in [0.717, 1.165) is 40.7 Å². The van der Waals surface area contributed by atoms with Crippen molar-refractivity contribution in [3.63, 3.8) is 0 Å². The monoisotopic (exact) mass is 518 g/mol. The second kappa shape index (κ2) is 10.8. The lowest BCUT2D eigenvalue weighted by Gasteiger charge is -2.20. The van der Waals surface area contributed by atoms with Crippen molar-refractivity contribution in [3.05, 3.63) is 137 Å². The van der Waals surface area contributed by atoms with Gasteiger partial charge in [-0.1, -0.05) is 85.0 Å². The van der Waals surface area contributed by atoms with Gasteiger partial charge in [0.1, 0.15) is 0 Å². The smallest absolute Gasteiger partial charge is 0.0284 e. The summed E-state index contributed by atoms with van der Waals surface area (Å²) in [5, 5.41) is 0. The highest BCUT2D eigenvalue weighted by Gasteiger charge is 2.29. The minimum atomic E-state index is 0.994. The molecule has 0 amide bonds. The number of hydrogen-bond acceptors (Lipinski definition) is 2. The van der Waals surface area contributed by atoms with Crippen LogP contribution in [-0.4, -0.2) is 13.3 Å². The molecule has 0 spiro atoms. The van der Waals surface area contributed by atoms with Crippen LogP contribution >= 0.6 is 0 Å². The quantitative estimate of drug-likeness (QED) is 0.176. The largest absolute Gasteiger partial charge is 0.404 e. The number of hydrogen-bond donors (Lipinski definition) is 1. The fraction of sp³-hybridized carbons (Fsp3) is 0.132. The molecule has 6 rings (SSSR count). The van der Waals surface area contributed by atoms with E-state index < -0.39 is 0 Å². The van der Waals surface area contributed by atoms with Crippen LogP contribution in [0, 0.1) is 0 Å². The minimum absolute atomic E-state index is 0.994. The third kappa shape index (κ3) is 4.36. The van der Waals surface area contributed by atoms with Gasteiger partial charge in [-0.05, 0) is 123 Å². The van der Waals surface area contributed by atoms with Gasteiger partial charge in [0.2, 0.25) is 0 Å². The molecule has 2 heteroatoms. The summed E-state index contributed by atoms with van der Waals surface area (Å²) in [6.07, 6.45) is 14.3. The van der Waals surface area contributed by atoms with E-state index in [1.165, 1.54) is 50.1 Å². The molecule has 0 bridgehead atoms. The summed E-state index contributed by atoms with van der Waals surface area (Å²) in [7, 11) is 1.81. The Balaban J connectivity index is 1.42. The van der Waals surface area contributed by atoms with Gasteiger partial charge in [-0.3, -0.25) is 4.99 Å². The predicted octanol–water partition coefficient (Wildman–Crippen LogP) is 9.36. The Morgan fingerprint density at radius 1 is 0.750 bits per heavy atom. The molecule has 0 radical (unpaired) electrons. The van der Waals surface area contributed by atoms with Crippen molar-refractivity contribution in [2.75, 3.05) is 7.05 Å². The Morgan fingerprint density at radius 3 is 2.15 bits per heavy atom. The Bertz CT molecular complexity index is 1710. The fourth-order valence-corrected chi connectivity index (χ4v) is 6.22. The van der Waals surface area contributed by atoms with E-state index >= 15 is 0 Å². The second-order valence-electron chi connectivity index (χ2n) is 10.3. The summed E-state index contributed by atoms with van der Waals surface area (Å²) >= 11 is 0. The van der Waals surface area contributed by atoms with Gasteiger partial charge in [-0.15, -0.1) is 0 Å². The molecule has 40 heavy (non-hydrogen) atoms. The molecular formula is C38H34N2. The van der Waals surface area contributed by atoms with Gasteiger partial charge < -0.3 is 5.73 Å². The van der Waals surface area contributed by atoms with E-state index in [9.17, 15) is 0 Å². The van der Waals surface area contributed by atoms with Crippen molar-refractivity contribution in [1.29, 1.82) is 0 Å². The molecule has 0 saturated carbocycles. The summed E-state index contributed by atoms with van der Waals surface area (Å²) in [4.78, 5) is 4.28. The van der Waals surface area contributed by atoms with Crippen LogP contribution in [0.5, 0.6) is 0 Å². The van der Waals surface area contributed by atoms with Crippen LogP contribution < -0.4 is 5.73 Å². The second-order valence-corrected chi connectivity index (χ2v) is 10.3. The fourth-order valence-electron chi connectivity index (χ4n) is 6.22. The molecule has 0 saturated heterocycles. The molecule has 0 unspecified atom stereocenters. The van der Waals surface area contributed by atoms with Gasteiger partial charge in [0.25, 0.3) is 0 Å². The van der Waals surface area contributed by atoms with Gasteiger partial charge in [0, 0.05) is 19.5 Å². The summed E-state index contributed by atoms with van der Waals surface area (Å²) in [6, 6.07) is 29.2. The molecule has 0 heterocycles. The van der Waals surface area contributed by atoms with Gasteiger partial charge >= 0.3 is 0 Å². The van der Waals surface area contributed by atoms with Crippen LogP contribution in [0.2, 0.25) is 0 Å². The topological polar surface area (TPSA) is 38.4 Å². The van der Waals surface area contributed by atoms with Crippen LogP contribution in [0.25, 0.3) is 50.1 Å². The van der Waals surface area contributed by atoms with Crippen LogP contribution in [0.3, 0.4) is 0 Å². The highest BCUT2D eigenvalue weighted by molar-refractivity contribution is 6.10. The Kier molecular flexibility index (Phi) is 6.92. The third-order valence-corrected chi connectivity index (χ3v) is 8.07.